The van der Waals surface area contributed by atoms with Gasteiger partial charge >= 0.3 is 0 Å². The van der Waals surface area contributed by atoms with Crippen LogP contribution in [0.1, 0.15) is 0 Å². The number of rotatable bonds is 2. The maximum absolute atomic E-state index is 9.65. The molecule has 84 valence electrons. The third-order valence-corrected chi connectivity index (χ3v) is 2.27. The van der Waals surface area contributed by atoms with Crippen LogP contribution in [0, 0.1) is 0 Å². The first kappa shape index (κ1) is 9.59. The summed E-state index contributed by atoms with van der Waals surface area (Å²) in [4.78, 5) is 11.0. The monoisotopic (exact) mass is 228 g/mol. The summed E-state index contributed by atoms with van der Waals surface area (Å²) >= 11 is 0. The average Bonchev–Trinajstić information content (AvgIpc) is 3.00. The number of para-hydroxylation sites is 1. The molecule has 0 radical (unpaired) electrons. The highest BCUT2D eigenvalue weighted by atomic mass is 16.5. The number of nitrogens with zero attached hydrogens (tertiary/aromatic N) is 3. The van der Waals surface area contributed by atoms with Crippen LogP contribution in [0.25, 0.3) is 23.1 Å². The highest BCUT2D eigenvalue weighted by molar-refractivity contribution is 5.63. The second-order valence-corrected chi connectivity index (χ2v) is 3.38. The van der Waals surface area contributed by atoms with Gasteiger partial charge in [0.25, 0.3) is 5.89 Å². The lowest BCUT2D eigenvalue weighted by Gasteiger charge is -1.96. The second-order valence-electron chi connectivity index (χ2n) is 3.38. The van der Waals surface area contributed by atoms with Crippen molar-refractivity contribution in [3.63, 3.8) is 0 Å². The first-order valence-electron chi connectivity index (χ1n) is 4.96. The molecule has 6 heteroatoms. The molecule has 0 bridgehead atoms. The third-order valence-electron chi connectivity index (χ3n) is 2.27. The van der Waals surface area contributed by atoms with Gasteiger partial charge in [-0.3, -0.25) is 0 Å². The van der Waals surface area contributed by atoms with Crippen molar-refractivity contribution in [3.05, 3.63) is 36.7 Å². The lowest BCUT2D eigenvalue weighted by molar-refractivity contribution is 0.425. The molecule has 0 fully saturated rings. The molecule has 0 aliphatic rings. The molecule has 0 unspecified atom stereocenters. The topological polar surface area (TPSA) is 87.8 Å². The van der Waals surface area contributed by atoms with Crippen LogP contribution in [0.5, 0.6) is 5.75 Å². The van der Waals surface area contributed by atoms with Gasteiger partial charge in [-0.15, -0.1) is 0 Å². The van der Waals surface area contributed by atoms with Crippen LogP contribution < -0.4 is 0 Å². The van der Waals surface area contributed by atoms with Crippen LogP contribution >= 0.6 is 0 Å². The Morgan fingerprint density at radius 3 is 2.88 bits per heavy atom. The van der Waals surface area contributed by atoms with Crippen molar-refractivity contribution in [3.8, 4) is 28.9 Å². The number of phenols is 1. The van der Waals surface area contributed by atoms with Crippen molar-refractivity contribution < 1.29 is 9.63 Å². The van der Waals surface area contributed by atoms with Gasteiger partial charge in [-0.05, 0) is 12.1 Å². The molecule has 2 aromatic heterocycles. The van der Waals surface area contributed by atoms with E-state index in [1.807, 2.05) is 0 Å². The molecule has 0 aliphatic heterocycles. The molecule has 3 rings (SSSR count). The lowest BCUT2D eigenvalue weighted by Crippen LogP contribution is -1.83. The van der Waals surface area contributed by atoms with E-state index in [1.54, 1.807) is 36.7 Å². The molecule has 3 aromatic rings. The largest absolute Gasteiger partial charge is 0.507 e. The van der Waals surface area contributed by atoms with Crippen LogP contribution in [0.15, 0.2) is 41.2 Å². The van der Waals surface area contributed by atoms with E-state index in [4.69, 9.17) is 4.52 Å². The Bertz CT molecular complexity index is 630. The fourth-order valence-electron chi connectivity index (χ4n) is 1.47. The summed E-state index contributed by atoms with van der Waals surface area (Å²) in [5.41, 5.74) is 0.498. The Balaban J connectivity index is 2.04. The number of hydrogen-bond donors (Lipinski definition) is 2. The minimum absolute atomic E-state index is 0.0992. The predicted molar refractivity (Wildman–Crippen MR) is 59.0 cm³/mol. The van der Waals surface area contributed by atoms with Gasteiger partial charge in [0.1, 0.15) is 5.75 Å². The number of H-pyrrole nitrogens is 1. The molecule has 17 heavy (non-hydrogen) atoms. The molecule has 0 amide bonds. The van der Waals surface area contributed by atoms with Crippen molar-refractivity contribution >= 4 is 0 Å². The van der Waals surface area contributed by atoms with Crippen LogP contribution in [-0.2, 0) is 0 Å². The average molecular weight is 228 g/mol. The highest BCUT2D eigenvalue weighted by Crippen LogP contribution is 2.27. The fourth-order valence-corrected chi connectivity index (χ4v) is 1.47. The number of aromatic hydroxyl groups is 1. The quantitative estimate of drug-likeness (QED) is 0.698. The number of nitrogens with one attached hydrogen (secondary N) is 1. The molecule has 1 aromatic carbocycles. The van der Waals surface area contributed by atoms with Crippen LogP contribution in [0.3, 0.4) is 0 Å². The van der Waals surface area contributed by atoms with Crippen molar-refractivity contribution in [2.75, 3.05) is 0 Å². The van der Waals surface area contributed by atoms with Crippen LogP contribution in [0.2, 0.25) is 0 Å². The molecular weight excluding hydrogens is 220 g/mol. The van der Waals surface area contributed by atoms with E-state index in [9.17, 15) is 5.11 Å². The first-order valence-corrected chi connectivity index (χ1v) is 4.96. The summed E-state index contributed by atoms with van der Waals surface area (Å²) in [6, 6.07) is 6.77. The number of hydrogen-bond acceptors (Lipinski definition) is 5. The highest BCUT2D eigenvalue weighted by Gasteiger charge is 2.14. The maximum Gasteiger partial charge on any atom is 0.262 e. The van der Waals surface area contributed by atoms with Crippen LogP contribution in [-0.4, -0.2) is 25.2 Å². The molecule has 0 atom stereocenters. The number of aromatic amines is 1. The standard InChI is InChI=1S/C11H8N4O2/c16-8-4-2-1-3-7(8)11-14-10(15-17-11)9-12-5-6-13-9/h1-6,16H,(H,12,13). The SMILES string of the molecule is Oc1ccccc1-c1nc(-c2ncc[nH]2)no1. The van der Waals surface area contributed by atoms with Gasteiger partial charge in [0.15, 0.2) is 5.82 Å². The normalized spacial score (nSPS) is 10.6. The van der Waals surface area contributed by atoms with Gasteiger partial charge in [-0.2, -0.15) is 4.98 Å². The van der Waals surface area contributed by atoms with Gasteiger partial charge < -0.3 is 14.6 Å². The minimum Gasteiger partial charge on any atom is -0.507 e. The van der Waals surface area contributed by atoms with Gasteiger partial charge in [0.2, 0.25) is 5.82 Å². The number of benzene rings is 1. The zero-order valence-corrected chi connectivity index (χ0v) is 8.66. The molecule has 0 spiro atoms. The van der Waals surface area contributed by atoms with E-state index >= 15 is 0 Å². The Labute approximate surface area is 96.0 Å². The summed E-state index contributed by atoms with van der Waals surface area (Å²) in [6.45, 7) is 0. The van der Waals surface area contributed by atoms with Gasteiger partial charge in [0.05, 0.1) is 5.56 Å². The van der Waals surface area contributed by atoms with Crippen molar-refractivity contribution in [2.24, 2.45) is 0 Å². The number of aromatic nitrogens is 4. The molecule has 2 heterocycles. The van der Waals surface area contributed by atoms with Gasteiger partial charge in [-0.25, -0.2) is 4.98 Å². The molecule has 6 nitrogen and oxygen atoms in total. The minimum atomic E-state index is 0.0992. The number of imidazole rings is 1. The summed E-state index contributed by atoms with van der Waals surface area (Å²) in [5.74, 6) is 1.24. The maximum atomic E-state index is 9.65. The first-order chi connectivity index (χ1) is 8.34. The molecule has 0 saturated heterocycles. The predicted octanol–water partition coefficient (Wildman–Crippen LogP) is 1.83. The van der Waals surface area contributed by atoms with E-state index in [-0.39, 0.29) is 11.6 Å². The molecule has 2 N–H and O–H groups in total. The second kappa shape index (κ2) is 3.75. The Morgan fingerprint density at radius 2 is 2.12 bits per heavy atom. The van der Waals surface area contributed by atoms with Crippen molar-refractivity contribution in [1.82, 2.24) is 20.1 Å². The Hall–Kier alpha value is -2.63. The smallest absolute Gasteiger partial charge is 0.262 e. The summed E-state index contributed by atoms with van der Waals surface area (Å²) in [7, 11) is 0. The van der Waals surface area contributed by atoms with Gasteiger partial charge in [0, 0.05) is 12.4 Å². The van der Waals surface area contributed by atoms with Crippen LogP contribution in [0.4, 0.5) is 0 Å². The van der Waals surface area contributed by atoms with E-state index in [0.717, 1.165) is 0 Å². The number of phenolic OH excluding ortho intramolecular Hbond substituents is 1. The third kappa shape index (κ3) is 1.65. The van der Waals surface area contributed by atoms with E-state index in [2.05, 4.69) is 20.1 Å². The van der Waals surface area contributed by atoms with Crippen molar-refractivity contribution in [2.45, 2.75) is 0 Å². The zero-order valence-electron chi connectivity index (χ0n) is 8.66. The fraction of sp³-hybridized carbons (Fsp3) is 0. The zero-order chi connectivity index (χ0) is 11.7. The summed E-state index contributed by atoms with van der Waals surface area (Å²) in [5, 5.41) is 13.4. The molecular formula is C11H8N4O2. The summed E-state index contributed by atoms with van der Waals surface area (Å²) < 4.78 is 5.07. The Morgan fingerprint density at radius 1 is 1.24 bits per heavy atom. The van der Waals surface area contributed by atoms with E-state index in [0.29, 0.717) is 17.2 Å². The van der Waals surface area contributed by atoms with E-state index in [1.165, 1.54) is 0 Å². The van der Waals surface area contributed by atoms with Gasteiger partial charge in [-0.1, -0.05) is 17.3 Å². The molecule has 0 saturated carbocycles. The van der Waals surface area contributed by atoms with Crippen molar-refractivity contribution in [1.29, 1.82) is 0 Å². The summed E-state index contributed by atoms with van der Waals surface area (Å²) in [6.07, 6.45) is 3.27. The van der Waals surface area contributed by atoms with E-state index < -0.39 is 0 Å². The lowest BCUT2D eigenvalue weighted by atomic mass is 10.2. The Kier molecular flexibility index (Phi) is 2.11. The molecule has 0 aliphatic carbocycles.